The smallest absolute Gasteiger partial charge is 0.164 e. The molecule has 2 aromatic rings. The van der Waals surface area contributed by atoms with Crippen molar-refractivity contribution in [3.05, 3.63) is 58.9 Å². The van der Waals surface area contributed by atoms with E-state index in [1.807, 2.05) is 30.8 Å². The largest absolute Gasteiger partial charge is 0.394 e. The van der Waals surface area contributed by atoms with Gasteiger partial charge in [0.15, 0.2) is 5.78 Å². The summed E-state index contributed by atoms with van der Waals surface area (Å²) < 4.78 is 2.00. The maximum atomic E-state index is 12.7. The van der Waals surface area contributed by atoms with Gasteiger partial charge < -0.3 is 15.4 Å². The van der Waals surface area contributed by atoms with Crippen LogP contribution in [0.5, 0.6) is 0 Å². The molecule has 0 aliphatic heterocycles. The first-order chi connectivity index (χ1) is 12.9. The number of aryl methyl sites for hydroxylation is 2. The van der Waals surface area contributed by atoms with Gasteiger partial charge in [0.2, 0.25) is 0 Å². The number of nitrogens with two attached hydrogens (primary N) is 1. The number of aliphatic hydroxyl groups is 1. The number of carbonyl (C=O) groups excluding carboxylic acids is 1. The highest BCUT2D eigenvalue weighted by Crippen LogP contribution is 2.39. The summed E-state index contributed by atoms with van der Waals surface area (Å²) in [5.41, 5.74) is 10.0. The molecule has 1 aromatic heterocycles. The summed E-state index contributed by atoms with van der Waals surface area (Å²) >= 11 is 0. The maximum Gasteiger partial charge on any atom is 0.164 e. The quantitative estimate of drug-likeness (QED) is 0.628. The van der Waals surface area contributed by atoms with Gasteiger partial charge in [-0.15, -0.1) is 0 Å². The molecule has 4 nitrogen and oxygen atoms in total. The van der Waals surface area contributed by atoms with Crippen LogP contribution in [0.3, 0.4) is 0 Å². The van der Waals surface area contributed by atoms with Crippen LogP contribution < -0.4 is 5.73 Å². The van der Waals surface area contributed by atoms with E-state index >= 15 is 0 Å². The van der Waals surface area contributed by atoms with E-state index in [1.165, 1.54) is 24.0 Å². The second-order valence-corrected chi connectivity index (χ2v) is 8.39. The third-order valence-electron chi connectivity index (χ3n) is 5.69. The van der Waals surface area contributed by atoms with Crippen LogP contribution in [0, 0.1) is 0 Å². The molecule has 1 heterocycles. The number of benzene rings is 1. The van der Waals surface area contributed by atoms with Gasteiger partial charge in [-0.3, -0.25) is 4.79 Å². The van der Waals surface area contributed by atoms with E-state index in [9.17, 15) is 9.90 Å². The Bertz CT molecular complexity index is 770. The highest BCUT2D eigenvalue weighted by Gasteiger charge is 2.23. The van der Waals surface area contributed by atoms with Crippen molar-refractivity contribution >= 4 is 5.78 Å². The van der Waals surface area contributed by atoms with Crippen LogP contribution in [0.4, 0.5) is 0 Å². The van der Waals surface area contributed by atoms with Crippen molar-refractivity contribution in [3.63, 3.8) is 0 Å². The number of rotatable bonds is 10. The van der Waals surface area contributed by atoms with Crippen molar-refractivity contribution in [2.45, 2.75) is 63.3 Å². The number of ketones is 1. The lowest BCUT2D eigenvalue weighted by Crippen LogP contribution is -2.40. The van der Waals surface area contributed by atoms with E-state index < -0.39 is 5.54 Å². The first-order valence-corrected chi connectivity index (χ1v) is 10.1. The van der Waals surface area contributed by atoms with Crippen molar-refractivity contribution in [1.82, 2.24) is 4.57 Å². The monoisotopic (exact) mass is 368 g/mol. The molecular formula is C23H32N2O2. The van der Waals surface area contributed by atoms with Crippen LogP contribution >= 0.6 is 0 Å². The summed E-state index contributed by atoms with van der Waals surface area (Å²) in [5, 5.41) is 9.35. The van der Waals surface area contributed by atoms with E-state index in [0.717, 1.165) is 30.0 Å². The Labute approximate surface area is 162 Å². The normalized spacial score (nSPS) is 16.3. The number of hydrogen-bond acceptors (Lipinski definition) is 3. The van der Waals surface area contributed by atoms with Gasteiger partial charge in [0.05, 0.1) is 6.61 Å². The predicted molar refractivity (Wildman–Crippen MR) is 109 cm³/mol. The van der Waals surface area contributed by atoms with Crippen molar-refractivity contribution in [2.24, 2.45) is 12.8 Å². The first-order valence-electron chi connectivity index (χ1n) is 10.1. The summed E-state index contributed by atoms with van der Waals surface area (Å²) in [6.07, 6.45) is 8.29. The Kier molecular flexibility index (Phi) is 6.18. The molecule has 0 unspecified atom stereocenters. The predicted octanol–water partition coefficient (Wildman–Crippen LogP) is 3.75. The molecule has 3 N–H and O–H groups in total. The van der Waals surface area contributed by atoms with Crippen LogP contribution in [0.2, 0.25) is 0 Å². The second kappa shape index (κ2) is 8.41. The zero-order valence-corrected chi connectivity index (χ0v) is 16.6. The molecule has 27 heavy (non-hydrogen) atoms. The van der Waals surface area contributed by atoms with Crippen molar-refractivity contribution in [1.29, 1.82) is 0 Å². The summed E-state index contributed by atoms with van der Waals surface area (Å²) in [6, 6.07) is 10.8. The minimum atomic E-state index is -0.614. The number of aromatic nitrogens is 1. The highest BCUT2D eigenvalue weighted by molar-refractivity contribution is 5.97. The van der Waals surface area contributed by atoms with Crippen LogP contribution in [-0.2, 0) is 19.9 Å². The van der Waals surface area contributed by atoms with Crippen LogP contribution in [0.1, 0.15) is 72.1 Å². The van der Waals surface area contributed by atoms with E-state index in [-0.39, 0.29) is 12.4 Å². The molecule has 1 aliphatic carbocycles. The standard InChI is InChI=1S/C23H32N2O2/c1-23(24,16-26)14-12-21-20(13-15-25(21)2)22(27)5-3-4-17-6-8-18(9-7-17)19-10-11-19/h6-9,13,15,19,26H,3-5,10-12,14,16,24H2,1-2H3/t23-/m0/s1. The summed E-state index contributed by atoms with van der Waals surface area (Å²) in [6.45, 7) is 1.78. The minimum Gasteiger partial charge on any atom is -0.394 e. The molecular weight excluding hydrogens is 336 g/mol. The Morgan fingerprint density at radius 2 is 1.93 bits per heavy atom. The lowest BCUT2D eigenvalue weighted by molar-refractivity contribution is 0.0979. The second-order valence-electron chi connectivity index (χ2n) is 8.39. The van der Waals surface area contributed by atoms with Gasteiger partial charge in [-0.05, 0) is 68.6 Å². The number of nitrogens with zero attached hydrogens (tertiary/aromatic N) is 1. The summed E-state index contributed by atoms with van der Waals surface area (Å²) in [4.78, 5) is 12.7. The summed E-state index contributed by atoms with van der Waals surface area (Å²) in [7, 11) is 1.96. The number of Topliss-reactive ketones (excluding diaryl/α,β-unsaturated/α-hetero) is 1. The van der Waals surface area contributed by atoms with Gasteiger partial charge in [0.25, 0.3) is 0 Å². The molecule has 0 bridgehead atoms. The molecule has 0 spiro atoms. The van der Waals surface area contributed by atoms with E-state index in [0.29, 0.717) is 19.3 Å². The number of hydrogen-bond donors (Lipinski definition) is 2. The molecule has 1 saturated carbocycles. The SMILES string of the molecule is Cn1ccc(C(=O)CCCc2ccc(C3CC3)cc2)c1CC[C@](C)(N)CO. The average Bonchev–Trinajstić information content (AvgIpc) is 3.43. The van der Waals surface area contributed by atoms with Crippen LogP contribution in [-0.4, -0.2) is 27.6 Å². The topological polar surface area (TPSA) is 68.2 Å². The molecule has 1 atom stereocenters. The lowest BCUT2D eigenvalue weighted by atomic mass is 9.94. The fraction of sp³-hybridized carbons (Fsp3) is 0.522. The average molecular weight is 369 g/mol. The van der Waals surface area contributed by atoms with Gasteiger partial charge in [-0.2, -0.15) is 0 Å². The van der Waals surface area contributed by atoms with Crippen molar-refractivity contribution in [2.75, 3.05) is 6.61 Å². The number of carbonyl (C=O) groups is 1. The fourth-order valence-corrected chi connectivity index (χ4v) is 3.57. The van der Waals surface area contributed by atoms with Gasteiger partial charge >= 0.3 is 0 Å². The third kappa shape index (κ3) is 5.30. The van der Waals surface area contributed by atoms with Gasteiger partial charge in [0.1, 0.15) is 0 Å². The molecule has 1 fully saturated rings. The fourth-order valence-electron chi connectivity index (χ4n) is 3.57. The maximum absolute atomic E-state index is 12.7. The van der Waals surface area contributed by atoms with E-state index in [1.54, 1.807) is 0 Å². The van der Waals surface area contributed by atoms with Gasteiger partial charge in [-0.25, -0.2) is 0 Å². The Balaban J connectivity index is 1.53. The van der Waals surface area contributed by atoms with Crippen molar-refractivity contribution in [3.8, 4) is 0 Å². The molecule has 3 rings (SSSR count). The van der Waals surface area contributed by atoms with Crippen LogP contribution in [0.25, 0.3) is 0 Å². The molecule has 146 valence electrons. The molecule has 0 saturated heterocycles. The summed E-state index contributed by atoms with van der Waals surface area (Å²) in [5.74, 6) is 0.987. The van der Waals surface area contributed by atoms with Crippen molar-refractivity contribution < 1.29 is 9.90 Å². The highest BCUT2D eigenvalue weighted by atomic mass is 16.3. The molecule has 0 amide bonds. The molecule has 4 heteroatoms. The van der Waals surface area contributed by atoms with E-state index in [4.69, 9.17) is 5.73 Å². The molecule has 0 radical (unpaired) electrons. The Morgan fingerprint density at radius 3 is 2.56 bits per heavy atom. The lowest BCUT2D eigenvalue weighted by Gasteiger charge is -2.22. The molecule has 1 aliphatic rings. The molecule has 1 aromatic carbocycles. The Morgan fingerprint density at radius 1 is 1.22 bits per heavy atom. The number of aliphatic hydroxyl groups excluding tert-OH is 1. The van der Waals surface area contributed by atoms with Crippen LogP contribution in [0.15, 0.2) is 36.5 Å². The van der Waals surface area contributed by atoms with Gasteiger partial charge in [0, 0.05) is 36.5 Å². The van der Waals surface area contributed by atoms with Gasteiger partial charge in [-0.1, -0.05) is 24.3 Å². The Hall–Kier alpha value is -1.91. The first kappa shape index (κ1) is 19.8. The van der Waals surface area contributed by atoms with E-state index in [2.05, 4.69) is 24.3 Å². The zero-order chi connectivity index (χ0) is 19.4. The minimum absolute atomic E-state index is 0.0553. The zero-order valence-electron chi connectivity index (χ0n) is 16.6. The third-order valence-corrected chi connectivity index (χ3v) is 5.69.